The molecule has 2 saturated heterocycles. The molecule has 0 amide bonds. The van der Waals surface area contributed by atoms with Crippen LogP contribution in [0.4, 0.5) is 0 Å². The minimum atomic E-state index is -3.66. The summed E-state index contributed by atoms with van der Waals surface area (Å²) >= 11 is 0. The highest BCUT2D eigenvalue weighted by Gasteiger charge is 2.33. The molecule has 0 unspecified atom stereocenters. The Morgan fingerprint density at radius 1 is 1.14 bits per heavy atom. The van der Waals surface area contributed by atoms with Gasteiger partial charge >= 0.3 is 0 Å². The number of aryl methyl sites for hydroxylation is 2. The van der Waals surface area contributed by atoms with Crippen molar-refractivity contribution >= 4 is 21.6 Å². The first-order valence-corrected chi connectivity index (χ1v) is 14.1. The van der Waals surface area contributed by atoms with Gasteiger partial charge in [-0.15, -0.1) is 0 Å². The van der Waals surface area contributed by atoms with Gasteiger partial charge in [-0.25, -0.2) is 23.1 Å². The van der Waals surface area contributed by atoms with Gasteiger partial charge in [0.05, 0.1) is 22.8 Å². The zero-order chi connectivity index (χ0) is 25.4. The molecule has 0 bridgehead atoms. The van der Waals surface area contributed by atoms with Crippen molar-refractivity contribution in [1.29, 1.82) is 0 Å². The molecule has 3 aliphatic heterocycles. The van der Waals surface area contributed by atoms with Crippen molar-refractivity contribution in [3.8, 4) is 5.75 Å². The van der Waals surface area contributed by atoms with Crippen LogP contribution in [0.25, 0.3) is 5.70 Å². The van der Waals surface area contributed by atoms with Gasteiger partial charge in [0, 0.05) is 32.6 Å². The maximum atomic E-state index is 13.6. The van der Waals surface area contributed by atoms with Crippen LogP contribution in [-0.4, -0.2) is 79.1 Å². The summed E-state index contributed by atoms with van der Waals surface area (Å²) in [7, 11) is -3.66. The molecule has 0 saturated carbocycles. The van der Waals surface area contributed by atoms with E-state index in [1.165, 1.54) is 0 Å². The Hall–Kier alpha value is -2.89. The summed E-state index contributed by atoms with van der Waals surface area (Å²) in [6, 6.07) is 5.01. The van der Waals surface area contributed by atoms with Gasteiger partial charge in [0.15, 0.2) is 11.6 Å². The van der Waals surface area contributed by atoms with Crippen LogP contribution in [0.3, 0.4) is 0 Å². The van der Waals surface area contributed by atoms with Crippen LogP contribution in [0.5, 0.6) is 5.75 Å². The zero-order valence-corrected chi connectivity index (χ0v) is 22.2. The van der Waals surface area contributed by atoms with E-state index in [-0.39, 0.29) is 4.90 Å². The monoisotopic (exact) mass is 514 g/mol. The third-order valence-electron chi connectivity index (χ3n) is 6.74. The van der Waals surface area contributed by atoms with Gasteiger partial charge < -0.3 is 14.4 Å². The molecule has 0 radical (unpaired) electrons. The second-order valence-electron chi connectivity index (χ2n) is 9.11. The molecule has 5 rings (SSSR count). The minimum Gasteiger partial charge on any atom is -0.493 e. The van der Waals surface area contributed by atoms with Gasteiger partial charge in [0.2, 0.25) is 10.0 Å². The van der Waals surface area contributed by atoms with E-state index in [2.05, 4.69) is 24.2 Å². The standard InChI is InChI=1S/C25H34N6O4S/c1-5-8-22-26-17(4)24-23(21-16-35-21)27-25(28-31(22)24)19-15-18(9-10-20(19)34-7-3)36(32,33)30-13-11-29(6-2)12-14-30/h9-10,15H,5-8,11-14,16H2,1-4H3,(H,27,28)/b23-21-. The Kier molecular flexibility index (Phi) is 6.80. The highest BCUT2D eigenvalue weighted by atomic mass is 32.2. The van der Waals surface area contributed by atoms with E-state index in [4.69, 9.17) is 19.5 Å². The molecule has 0 spiro atoms. The van der Waals surface area contributed by atoms with E-state index in [0.717, 1.165) is 61.1 Å². The number of hydrogen-bond acceptors (Lipinski definition) is 8. The first-order valence-electron chi connectivity index (χ1n) is 12.7. The zero-order valence-electron chi connectivity index (χ0n) is 21.4. The predicted octanol–water partition coefficient (Wildman–Crippen LogP) is 2.57. The number of sulfonamides is 1. The Morgan fingerprint density at radius 3 is 2.53 bits per heavy atom. The topological polar surface area (TPSA) is 105 Å². The van der Waals surface area contributed by atoms with E-state index in [1.807, 2.05) is 18.5 Å². The van der Waals surface area contributed by atoms with Crippen LogP contribution in [0.2, 0.25) is 0 Å². The van der Waals surface area contributed by atoms with Crippen LogP contribution in [-0.2, 0) is 21.2 Å². The molecular formula is C25H34N6O4S. The third kappa shape index (κ3) is 4.51. The van der Waals surface area contributed by atoms with Gasteiger partial charge in [-0.2, -0.15) is 4.31 Å². The average molecular weight is 515 g/mol. The molecule has 194 valence electrons. The Labute approximate surface area is 212 Å². The number of benzene rings is 1. The molecule has 0 atom stereocenters. The molecule has 1 aromatic heterocycles. The fourth-order valence-electron chi connectivity index (χ4n) is 4.73. The summed E-state index contributed by atoms with van der Waals surface area (Å²) in [5.74, 6) is 2.77. The molecule has 2 fully saturated rings. The molecule has 0 aliphatic carbocycles. The first kappa shape index (κ1) is 24.8. The summed E-state index contributed by atoms with van der Waals surface area (Å²) < 4.78 is 42.1. The molecule has 1 aromatic carbocycles. The number of imidazole rings is 1. The first-order chi connectivity index (χ1) is 17.4. The lowest BCUT2D eigenvalue weighted by molar-refractivity contribution is 0.196. The van der Waals surface area contributed by atoms with Crippen molar-refractivity contribution < 1.29 is 17.9 Å². The van der Waals surface area contributed by atoms with Crippen molar-refractivity contribution in [3.05, 3.63) is 46.7 Å². The molecule has 10 nitrogen and oxygen atoms in total. The number of piperazine rings is 1. The van der Waals surface area contributed by atoms with Crippen molar-refractivity contribution in [1.82, 2.24) is 18.9 Å². The highest BCUT2D eigenvalue weighted by molar-refractivity contribution is 7.89. The lowest BCUT2D eigenvalue weighted by Gasteiger charge is -2.33. The maximum Gasteiger partial charge on any atom is 0.243 e. The van der Waals surface area contributed by atoms with Crippen molar-refractivity contribution in [3.63, 3.8) is 0 Å². The number of ether oxygens (including phenoxy) is 2. The summed E-state index contributed by atoms with van der Waals surface area (Å²) in [6.07, 6.45) is 1.73. The van der Waals surface area contributed by atoms with Gasteiger partial charge in [0.25, 0.3) is 0 Å². The normalized spacial score (nSPS) is 20.4. The average Bonchev–Trinajstić information content (AvgIpc) is 3.69. The van der Waals surface area contributed by atoms with E-state index < -0.39 is 10.0 Å². The summed E-state index contributed by atoms with van der Waals surface area (Å²) in [4.78, 5) is 12.1. The lowest BCUT2D eigenvalue weighted by Crippen LogP contribution is -2.48. The molecule has 36 heavy (non-hydrogen) atoms. The molecule has 3 aliphatic rings. The smallest absolute Gasteiger partial charge is 0.243 e. The number of epoxide rings is 1. The van der Waals surface area contributed by atoms with Crippen LogP contribution in [0, 0.1) is 6.92 Å². The maximum absolute atomic E-state index is 13.6. The second kappa shape index (κ2) is 9.87. The Morgan fingerprint density at radius 2 is 1.89 bits per heavy atom. The summed E-state index contributed by atoms with van der Waals surface area (Å²) in [6.45, 7) is 12.4. The predicted molar refractivity (Wildman–Crippen MR) is 138 cm³/mol. The quantitative estimate of drug-likeness (QED) is 0.540. The lowest BCUT2D eigenvalue weighted by atomic mass is 10.1. The number of amidine groups is 1. The summed E-state index contributed by atoms with van der Waals surface area (Å²) in [5, 5.41) is 0. The SMILES string of the molecule is CCCc1nc(C)c2n1NC(c1cc(S(=O)(=O)N3CCN(CC)CC3)ccc1OCC)=N/C2=C1/CO1. The number of nitrogens with zero attached hydrogens (tertiary/aromatic N) is 5. The number of likely N-dealkylation sites (N-methyl/N-ethyl adjacent to an activating group) is 1. The van der Waals surface area contributed by atoms with Crippen LogP contribution >= 0.6 is 0 Å². The Balaban J connectivity index is 1.56. The number of aliphatic imine (C=N–C) groups is 1. The molecule has 4 heterocycles. The van der Waals surface area contributed by atoms with Crippen molar-refractivity contribution in [2.45, 2.75) is 45.4 Å². The van der Waals surface area contributed by atoms with Gasteiger partial charge in [0.1, 0.15) is 29.6 Å². The number of hydrogen-bond donors (Lipinski definition) is 1. The van der Waals surface area contributed by atoms with Gasteiger partial charge in [-0.1, -0.05) is 13.8 Å². The number of rotatable bonds is 8. The third-order valence-corrected chi connectivity index (χ3v) is 8.63. The summed E-state index contributed by atoms with van der Waals surface area (Å²) in [5.41, 5.74) is 6.46. The van der Waals surface area contributed by atoms with Crippen LogP contribution < -0.4 is 10.2 Å². The van der Waals surface area contributed by atoms with Crippen LogP contribution in [0.1, 0.15) is 50.0 Å². The number of aromatic nitrogens is 2. The second-order valence-corrected chi connectivity index (χ2v) is 11.0. The van der Waals surface area contributed by atoms with E-state index in [9.17, 15) is 8.42 Å². The minimum absolute atomic E-state index is 0.230. The fourth-order valence-corrected chi connectivity index (χ4v) is 6.18. The molecule has 2 aromatic rings. The van der Waals surface area contributed by atoms with Crippen LogP contribution in [0.15, 0.2) is 33.8 Å². The number of nitrogens with one attached hydrogen (secondary N) is 1. The van der Waals surface area contributed by atoms with E-state index >= 15 is 0 Å². The van der Waals surface area contributed by atoms with Crippen molar-refractivity contribution in [2.24, 2.45) is 4.99 Å². The van der Waals surface area contributed by atoms with Crippen molar-refractivity contribution in [2.75, 3.05) is 51.4 Å². The van der Waals surface area contributed by atoms with E-state index in [0.29, 0.717) is 43.5 Å². The highest BCUT2D eigenvalue weighted by Crippen LogP contribution is 2.35. The number of fused-ring (bicyclic) bond motifs is 1. The Bertz CT molecular complexity index is 1320. The molecule has 1 N–H and O–H groups in total. The van der Waals surface area contributed by atoms with Gasteiger partial charge in [-0.3, -0.25) is 5.43 Å². The molecule has 11 heteroatoms. The largest absolute Gasteiger partial charge is 0.493 e. The fraction of sp³-hybridized carbons (Fsp3) is 0.520. The van der Waals surface area contributed by atoms with Gasteiger partial charge in [-0.05, 0) is 45.0 Å². The van der Waals surface area contributed by atoms with E-state index in [1.54, 1.807) is 22.5 Å². The molecular weight excluding hydrogens is 480 g/mol.